The first-order chi connectivity index (χ1) is 11.6. The molecule has 1 aliphatic carbocycles. The Bertz CT molecular complexity index is 709. The van der Waals surface area contributed by atoms with E-state index in [0.717, 1.165) is 41.9 Å². The summed E-state index contributed by atoms with van der Waals surface area (Å²) >= 11 is 0. The van der Waals surface area contributed by atoms with E-state index in [-0.39, 0.29) is 5.92 Å². The normalized spacial score (nSPS) is 19.0. The second-order valence-electron chi connectivity index (χ2n) is 5.80. The number of hydrogen-bond donors (Lipinski definition) is 1. The summed E-state index contributed by atoms with van der Waals surface area (Å²) in [6.45, 7) is 4.75. The summed E-state index contributed by atoms with van der Waals surface area (Å²) in [5.74, 6) is -0.195. The lowest BCUT2D eigenvalue weighted by molar-refractivity contribution is -0.109. The molecular formula is C20H25N3O. The Kier molecular flexibility index (Phi) is 6.24. The highest BCUT2D eigenvalue weighted by atomic mass is 16.1. The Labute approximate surface area is 144 Å². The first kappa shape index (κ1) is 17.9. The van der Waals surface area contributed by atoms with Crippen LogP contribution < -0.4 is 5.32 Å². The van der Waals surface area contributed by atoms with Gasteiger partial charge >= 0.3 is 0 Å². The molecule has 0 bridgehead atoms. The molecule has 1 N–H and O–H groups in total. The van der Waals surface area contributed by atoms with Gasteiger partial charge in [-0.1, -0.05) is 44.2 Å². The number of carbonyl (C=O) groups excluding carboxylic acids is 1. The van der Waals surface area contributed by atoms with Gasteiger partial charge in [-0.2, -0.15) is 0 Å². The molecule has 4 nitrogen and oxygen atoms in total. The average molecular weight is 323 g/mol. The van der Waals surface area contributed by atoms with E-state index in [1.54, 1.807) is 14.1 Å². The fraction of sp³-hybridized carbons (Fsp3) is 0.350. The minimum Gasteiger partial charge on any atom is -0.379 e. The second kappa shape index (κ2) is 8.39. The van der Waals surface area contributed by atoms with Crippen LogP contribution in [0, 0.1) is 5.92 Å². The number of carbonyl (C=O) groups is 1. The van der Waals surface area contributed by atoms with Crippen LogP contribution in [0.5, 0.6) is 0 Å². The number of aryl methyl sites for hydroxylation is 1. The molecule has 0 amide bonds. The van der Waals surface area contributed by atoms with Gasteiger partial charge in [-0.3, -0.25) is 9.98 Å². The van der Waals surface area contributed by atoms with Crippen molar-refractivity contribution >= 4 is 17.7 Å². The van der Waals surface area contributed by atoms with Gasteiger partial charge in [0.25, 0.3) is 0 Å². The molecule has 24 heavy (non-hydrogen) atoms. The third-order valence-electron chi connectivity index (χ3n) is 4.24. The maximum Gasteiger partial charge on any atom is 0.127 e. The fourth-order valence-electron chi connectivity index (χ4n) is 2.73. The highest BCUT2D eigenvalue weighted by Gasteiger charge is 2.24. The third kappa shape index (κ3) is 3.88. The van der Waals surface area contributed by atoms with Crippen molar-refractivity contribution in [3.05, 3.63) is 58.8 Å². The summed E-state index contributed by atoms with van der Waals surface area (Å²) in [5.41, 5.74) is 5.97. The van der Waals surface area contributed by atoms with Crippen molar-refractivity contribution in [1.29, 1.82) is 0 Å². The van der Waals surface area contributed by atoms with E-state index >= 15 is 0 Å². The van der Waals surface area contributed by atoms with Crippen molar-refractivity contribution in [2.45, 2.75) is 26.8 Å². The van der Waals surface area contributed by atoms with E-state index in [9.17, 15) is 4.79 Å². The van der Waals surface area contributed by atoms with Gasteiger partial charge in [-0.25, -0.2) is 0 Å². The van der Waals surface area contributed by atoms with Gasteiger partial charge in [0.2, 0.25) is 0 Å². The average Bonchev–Trinajstić information content (AvgIpc) is 2.65. The lowest BCUT2D eigenvalue weighted by Gasteiger charge is -2.22. The summed E-state index contributed by atoms with van der Waals surface area (Å²) in [6.07, 6.45) is 5.92. The summed E-state index contributed by atoms with van der Waals surface area (Å²) in [4.78, 5) is 19.9. The van der Waals surface area contributed by atoms with Crippen LogP contribution in [-0.4, -0.2) is 31.8 Å². The molecule has 1 atom stereocenters. The molecule has 2 rings (SSSR count). The van der Waals surface area contributed by atoms with Gasteiger partial charge in [0, 0.05) is 26.6 Å². The maximum atomic E-state index is 11.1. The van der Waals surface area contributed by atoms with Crippen LogP contribution in [0.25, 0.3) is 0 Å². The number of rotatable bonds is 6. The van der Waals surface area contributed by atoms with Gasteiger partial charge in [0.05, 0.1) is 11.4 Å². The minimum absolute atomic E-state index is 0.195. The number of nitrogens with zero attached hydrogens (tertiary/aromatic N) is 2. The van der Waals surface area contributed by atoms with Crippen LogP contribution in [0.1, 0.15) is 25.0 Å². The molecule has 0 aliphatic heterocycles. The predicted molar refractivity (Wildman–Crippen MR) is 101 cm³/mol. The molecule has 0 radical (unpaired) electrons. The van der Waals surface area contributed by atoms with Crippen molar-refractivity contribution in [2.75, 3.05) is 14.1 Å². The first-order valence-electron chi connectivity index (χ1n) is 8.28. The van der Waals surface area contributed by atoms with Gasteiger partial charge in [0.1, 0.15) is 12.0 Å². The summed E-state index contributed by atoms with van der Waals surface area (Å²) in [7, 11) is 3.49. The van der Waals surface area contributed by atoms with Crippen molar-refractivity contribution in [3.8, 4) is 0 Å². The Balaban J connectivity index is 2.20. The number of aldehydes is 1. The van der Waals surface area contributed by atoms with Crippen LogP contribution in [-0.2, 0) is 17.8 Å². The fourth-order valence-corrected chi connectivity index (χ4v) is 2.73. The third-order valence-corrected chi connectivity index (χ3v) is 4.24. The van der Waals surface area contributed by atoms with Gasteiger partial charge in [-0.15, -0.1) is 0 Å². The first-order valence-corrected chi connectivity index (χ1v) is 8.28. The molecule has 0 heterocycles. The summed E-state index contributed by atoms with van der Waals surface area (Å²) < 4.78 is 0. The molecule has 126 valence electrons. The Morgan fingerprint density at radius 3 is 2.21 bits per heavy atom. The highest BCUT2D eigenvalue weighted by molar-refractivity contribution is 6.54. The maximum absolute atomic E-state index is 11.1. The Hall–Kier alpha value is -2.49. The van der Waals surface area contributed by atoms with Crippen LogP contribution in [0.15, 0.2) is 57.7 Å². The van der Waals surface area contributed by atoms with Crippen molar-refractivity contribution < 1.29 is 4.79 Å². The Morgan fingerprint density at radius 2 is 1.67 bits per heavy atom. The van der Waals surface area contributed by atoms with E-state index in [1.165, 1.54) is 11.1 Å². The zero-order chi connectivity index (χ0) is 17.5. The topological polar surface area (TPSA) is 53.8 Å². The summed E-state index contributed by atoms with van der Waals surface area (Å²) in [5, 5.41) is 3.43. The molecule has 4 heteroatoms. The molecule has 0 saturated heterocycles. The largest absolute Gasteiger partial charge is 0.379 e. The standard InChI is InChI=1S/C20H25N3O/c1-5-15-6-8-16(9-7-15)12-23-18-11-10-17(14(2)13-24)19(21-3)20(18)22-4/h6-11,13-14,23H,5,12H2,1-4H3. The van der Waals surface area contributed by atoms with Crippen LogP contribution >= 0.6 is 0 Å². The monoisotopic (exact) mass is 323 g/mol. The van der Waals surface area contributed by atoms with Gasteiger partial charge in [-0.05, 0) is 29.2 Å². The molecule has 0 saturated carbocycles. The molecule has 1 aliphatic rings. The van der Waals surface area contributed by atoms with Crippen molar-refractivity contribution in [3.63, 3.8) is 0 Å². The van der Waals surface area contributed by atoms with E-state index in [4.69, 9.17) is 0 Å². The lowest BCUT2D eigenvalue weighted by Crippen LogP contribution is -2.32. The number of nitrogens with one attached hydrogen (secondary N) is 1. The smallest absolute Gasteiger partial charge is 0.127 e. The zero-order valence-corrected chi connectivity index (χ0v) is 14.8. The minimum atomic E-state index is -0.195. The SMILES string of the molecule is CCc1ccc(CNC2=CC=C(C(C)C=O)C(=NC)C2=NC)cc1. The van der Waals surface area contributed by atoms with E-state index in [0.29, 0.717) is 0 Å². The predicted octanol–water partition coefficient (Wildman–Crippen LogP) is 3.14. The molecule has 0 aromatic heterocycles. The van der Waals surface area contributed by atoms with Crippen molar-refractivity contribution in [1.82, 2.24) is 5.32 Å². The van der Waals surface area contributed by atoms with Crippen molar-refractivity contribution in [2.24, 2.45) is 15.9 Å². The number of allylic oxidation sites excluding steroid dienone is 4. The second-order valence-corrected chi connectivity index (χ2v) is 5.80. The van der Waals surface area contributed by atoms with Crippen LogP contribution in [0.3, 0.4) is 0 Å². The van der Waals surface area contributed by atoms with E-state index < -0.39 is 0 Å². The molecular weight excluding hydrogens is 298 g/mol. The van der Waals surface area contributed by atoms with E-state index in [2.05, 4.69) is 46.5 Å². The molecule has 1 aromatic rings. The number of aliphatic imine (C=N–C) groups is 2. The molecule has 1 aromatic carbocycles. The van der Waals surface area contributed by atoms with E-state index in [1.807, 2.05) is 19.1 Å². The van der Waals surface area contributed by atoms with Gasteiger partial charge in [0.15, 0.2) is 0 Å². The van der Waals surface area contributed by atoms with Gasteiger partial charge < -0.3 is 10.1 Å². The lowest BCUT2D eigenvalue weighted by atomic mass is 9.89. The molecule has 0 fully saturated rings. The number of benzene rings is 1. The number of hydrogen-bond acceptors (Lipinski definition) is 4. The quantitative estimate of drug-likeness (QED) is 0.646. The molecule has 1 unspecified atom stereocenters. The van der Waals surface area contributed by atoms with Crippen LogP contribution in [0.2, 0.25) is 0 Å². The zero-order valence-electron chi connectivity index (χ0n) is 14.8. The van der Waals surface area contributed by atoms with Crippen LogP contribution in [0.4, 0.5) is 0 Å². The molecule has 0 spiro atoms. The highest BCUT2D eigenvalue weighted by Crippen LogP contribution is 2.19. The summed E-state index contributed by atoms with van der Waals surface area (Å²) in [6, 6.07) is 8.60. The Morgan fingerprint density at radius 1 is 1.04 bits per heavy atom.